The molecule has 1 aliphatic rings. The summed E-state index contributed by atoms with van der Waals surface area (Å²) in [6.07, 6.45) is 0. The molecule has 0 atom stereocenters. The molecule has 0 aromatic carbocycles. The maximum Gasteiger partial charge on any atom is 0.488 e. The lowest BCUT2D eigenvalue weighted by atomic mass is 9.90. The van der Waals surface area contributed by atoms with Crippen molar-refractivity contribution in [3.05, 3.63) is 0 Å². The summed E-state index contributed by atoms with van der Waals surface area (Å²) in [4.78, 5) is 0. The molecule has 3 N–H and O–H groups in total. The normalized spacial score (nSPS) is 26.8. The lowest BCUT2D eigenvalue weighted by Gasteiger charge is -2.32. The highest BCUT2D eigenvalue weighted by Crippen LogP contribution is 2.33. The van der Waals surface area contributed by atoms with Gasteiger partial charge in [0.2, 0.25) is 0 Å². The van der Waals surface area contributed by atoms with Crippen molar-refractivity contribution in [2.24, 2.45) is 0 Å². The lowest BCUT2D eigenvalue weighted by Crippen LogP contribution is -2.41. The zero-order valence-corrected chi connectivity index (χ0v) is 7.10. The quantitative estimate of drug-likeness (QED) is 0.521. The van der Waals surface area contributed by atoms with Gasteiger partial charge in [0.15, 0.2) is 0 Å². The van der Waals surface area contributed by atoms with Crippen molar-refractivity contribution in [2.75, 3.05) is 0 Å². The monoisotopic (exact) mass is 144 g/mol. The summed E-state index contributed by atoms with van der Waals surface area (Å²) in [5, 5.41) is 0. The second-order valence-corrected chi connectivity index (χ2v) is 3.35. The van der Waals surface area contributed by atoms with Crippen molar-refractivity contribution < 1.29 is 9.31 Å². The predicted molar refractivity (Wildman–Crippen MR) is 41.1 cm³/mol. The van der Waals surface area contributed by atoms with Crippen LogP contribution in [-0.2, 0) is 9.31 Å². The Bertz CT molecular complexity index is 111. The molecular weight excluding hydrogens is 129 g/mol. The molecule has 0 unspecified atom stereocenters. The van der Waals surface area contributed by atoms with Gasteiger partial charge in [-0.3, -0.25) is 0 Å². The first kappa shape index (κ1) is 9.94. The molecule has 0 bridgehead atoms. The topological polar surface area (TPSA) is 53.5 Å². The van der Waals surface area contributed by atoms with Crippen LogP contribution >= 0.6 is 0 Å². The number of hydrogen-bond acceptors (Lipinski definition) is 3. The highest BCUT2D eigenvalue weighted by Gasteiger charge is 2.44. The third kappa shape index (κ3) is 1.33. The van der Waals surface area contributed by atoms with E-state index in [2.05, 4.69) is 0 Å². The highest BCUT2D eigenvalue weighted by atomic mass is 16.7. The molecule has 1 fully saturated rings. The van der Waals surface area contributed by atoms with Crippen LogP contribution in [0.3, 0.4) is 0 Å². The van der Waals surface area contributed by atoms with E-state index < -0.39 is 0 Å². The van der Waals surface area contributed by atoms with Crippen LogP contribution in [0, 0.1) is 0 Å². The predicted octanol–water partition coefficient (Wildman–Crippen LogP) is 1.29. The summed E-state index contributed by atoms with van der Waals surface area (Å²) in [6.45, 7) is 8.04. The molecule has 0 aromatic heterocycles. The van der Waals surface area contributed by atoms with Crippen molar-refractivity contribution in [2.45, 2.75) is 38.9 Å². The molecule has 0 saturated carbocycles. The van der Waals surface area contributed by atoms with E-state index in [9.17, 15) is 0 Å². The van der Waals surface area contributed by atoms with Crippen LogP contribution in [0.25, 0.3) is 0 Å². The van der Waals surface area contributed by atoms with Crippen molar-refractivity contribution in [3.63, 3.8) is 0 Å². The molecule has 1 heterocycles. The van der Waals surface area contributed by atoms with Crippen LogP contribution in [0.1, 0.15) is 27.7 Å². The maximum absolute atomic E-state index is 5.21. The van der Waals surface area contributed by atoms with Gasteiger partial charge in [0, 0.05) is 0 Å². The molecule has 4 heteroatoms. The van der Waals surface area contributed by atoms with Gasteiger partial charge in [-0.1, -0.05) is 0 Å². The summed E-state index contributed by atoms with van der Waals surface area (Å²) in [5.41, 5.74) is -0.375. The second-order valence-electron chi connectivity index (χ2n) is 3.35. The fourth-order valence-corrected chi connectivity index (χ4v) is 0.548. The summed E-state index contributed by atoms with van der Waals surface area (Å²) in [5.74, 6) is 0. The SMILES string of the molecule is CC1(C)O[B]OC1(C)C.N. The highest BCUT2D eigenvalue weighted by molar-refractivity contribution is 6.19. The Morgan fingerprint density at radius 1 is 0.900 bits per heavy atom. The summed E-state index contributed by atoms with van der Waals surface area (Å²) < 4.78 is 10.4. The lowest BCUT2D eigenvalue weighted by molar-refractivity contribution is 0.00578. The van der Waals surface area contributed by atoms with Crippen LogP contribution < -0.4 is 6.15 Å². The average molecular weight is 144 g/mol. The molecule has 0 spiro atoms. The first-order chi connectivity index (χ1) is 3.96. The van der Waals surface area contributed by atoms with Crippen molar-refractivity contribution in [3.8, 4) is 0 Å². The van der Waals surface area contributed by atoms with E-state index in [-0.39, 0.29) is 17.4 Å². The summed E-state index contributed by atoms with van der Waals surface area (Å²) in [7, 11) is 1.42. The minimum absolute atomic E-state index is 0. The van der Waals surface area contributed by atoms with E-state index in [1.807, 2.05) is 27.7 Å². The first-order valence-corrected chi connectivity index (χ1v) is 3.13. The average Bonchev–Trinajstić information content (AvgIpc) is 1.81. The molecule has 0 aliphatic carbocycles. The van der Waals surface area contributed by atoms with Crippen molar-refractivity contribution in [1.82, 2.24) is 6.15 Å². The minimum Gasteiger partial charge on any atom is -0.405 e. The minimum atomic E-state index is -0.188. The van der Waals surface area contributed by atoms with E-state index in [1.165, 1.54) is 7.69 Å². The van der Waals surface area contributed by atoms with Gasteiger partial charge in [0.25, 0.3) is 0 Å². The van der Waals surface area contributed by atoms with E-state index in [1.54, 1.807) is 0 Å². The zero-order valence-electron chi connectivity index (χ0n) is 7.10. The largest absolute Gasteiger partial charge is 0.488 e. The van der Waals surface area contributed by atoms with Crippen LogP contribution in [-0.4, -0.2) is 18.9 Å². The Balaban J connectivity index is 0.000000810. The third-order valence-electron chi connectivity index (χ3n) is 2.14. The number of rotatable bonds is 0. The third-order valence-corrected chi connectivity index (χ3v) is 2.14. The van der Waals surface area contributed by atoms with Crippen LogP contribution in [0.2, 0.25) is 0 Å². The molecule has 3 nitrogen and oxygen atoms in total. The van der Waals surface area contributed by atoms with Gasteiger partial charge in [-0.2, -0.15) is 0 Å². The standard InChI is InChI=1S/C6H12BO2.H3N/c1-5(2)6(3,4)9-7-8-5;/h1-4H3;1H3. The first-order valence-electron chi connectivity index (χ1n) is 3.13. The van der Waals surface area contributed by atoms with Crippen LogP contribution in [0.15, 0.2) is 0 Å². The van der Waals surface area contributed by atoms with Crippen LogP contribution in [0.5, 0.6) is 0 Å². The molecule has 1 aliphatic heterocycles. The molecule has 10 heavy (non-hydrogen) atoms. The van der Waals surface area contributed by atoms with Gasteiger partial charge in [0.05, 0.1) is 11.2 Å². The summed E-state index contributed by atoms with van der Waals surface area (Å²) in [6, 6.07) is 0. The van der Waals surface area contributed by atoms with E-state index >= 15 is 0 Å². The molecule has 1 rings (SSSR count). The van der Waals surface area contributed by atoms with Gasteiger partial charge in [-0.05, 0) is 27.7 Å². The van der Waals surface area contributed by atoms with Gasteiger partial charge >= 0.3 is 7.69 Å². The van der Waals surface area contributed by atoms with Gasteiger partial charge in [-0.15, -0.1) is 0 Å². The fraction of sp³-hybridized carbons (Fsp3) is 1.00. The Labute approximate surface area is 63.0 Å². The Hall–Kier alpha value is -0.0551. The Morgan fingerprint density at radius 3 is 1.30 bits per heavy atom. The van der Waals surface area contributed by atoms with Crippen LogP contribution in [0.4, 0.5) is 0 Å². The Kier molecular flexibility index (Phi) is 2.51. The number of hydrogen-bond donors (Lipinski definition) is 1. The Morgan fingerprint density at radius 2 is 1.20 bits per heavy atom. The molecule has 0 amide bonds. The molecular formula is C6H15BNO2. The molecule has 0 aromatic rings. The molecule has 1 saturated heterocycles. The van der Waals surface area contributed by atoms with Gasteiger partial charge in [0.1, 0.15) is 0 Å². The van der Waals surface area contributed by atoms with E-state index in [4.69, 9.17) is 9.31 Å². The molecule has 59 valence electrons. The summed E-state index contributed by atoms with van der Waals surface area (Å²) >= 11 is 0. The molecule has 1 radical (unpaired) electrons. The van der Waals surface area contributed by atoms with Crippen molar-refractivity contribution in [1.29, 1.82) is 0 Å². The van der Waals surface area contributed by atoms with Gasteiger partial charge in [-0.25, -0.2) is 0 Å². The van der Waals surface area contributed by atoms with E-state index in [0.717, 1.165) is 0 Å². The van der Waals surface area contributed by atoms with Crippen molar-refractivity contribution >= 4 is 7.69 Å². The zero-order chi connectivity index (χ0) is 7.12. The fourth-order valence-electron chi connectivity index (χ4n) is 0.548. The van der Waals surface area contributed by atoms with E-state index in [0.29, 0.717) is 0 Å². The maximum atomic E-state index is 5.21. The van der Waals surface area contributed by atoms with Gasteiger partial charge < -0.3 is 15.5 Å². The second kappa shape index (κ2) is 2.53. The smallest absolute Gasteiger partial charge is 0.405 e.